The molecule has 0 saturated heterocycles. The molecule has 0 bridgehead atoms. The summed E-state index contributed by atoms with van der Waals surface area (Å²) >= 11 is 0. The van der Waals surface area contributed by atoms with Crippen molar-refractivity contribution in [1.82, 2.24) is 0 Å². The molecule has 1 N–H and O–H groups in total. The minimum absolute atomic E-state index is 0.0447. The molecule has 0 aromatic heterocycles. The lowest BCUT2D eigenvalue weighted by Gasteiger charge is -2.06. The fourth-order valence-corrected chi connectivity index (χ4v) is 0.860. The summed E-state index contributed by atoms with van der Waals surface area (Å²) in [4.78, 5) is 10.3. The van der Waals surface area contributed by atoms with Gasteiger partial charge >= 0.3 is 0 Å². The van der Waals surface area contributed by atoms with Gasteiger partial charge in [-0.2, -0.15) is 0 Å². The van der Waals surface area contributed by atoms with E-state index in [-0.39, 0.29) is 5.56 Å². The molecule has 1 aromatic rings. The molecule has 0 atom stereocenters. The molecule has 0 amide bonds. The summed E-state index contributed by atoms with van der Waals surface area (Å²) in [5, 5.41) is 18.8. The van der Waals surface area contributed by atoms with Gasteiger partial charge in [-0.15, -0.1) is 0 Å². The average Bonchev–Trinajstić information content (AvgIpc) is 2.04. The quantitative estimate of drug-likeness (QED) is 0.660. The second kappa shape index (κ2) is 3.32. The smallest absolute Gasteiger partial charge is 0.137 e. The molecule has 0 fully saturated rings. The van der Waals surface area contributed by atoms with E-state index in [0.717, 1.165) is 6.07 Å². The number of carbonyl (C=O) groups excluding carboxylic acids is 1. The van der Waals surface area contributed by atoms with Crippen molar-refractivity contribution in [2.24, 2.45) is 0 Å². The van der Waals surface area contributed by atoms with Gasteiger partial charge in [-0.1, -0.05) is 18.2 Å². The second-order valence-corrected chi connectivity index (χ2v) is 2.22. The molecule has 1 rings (SSSR count). The monoisotopic (exact) mass is 169 g/mol. The van der Waals surface area contributed by atoms with E-state index < -0.39 is 24.0 Å². The van der Waals surface area contributed by atoms with Gasteiger partial charge in [0.25, 0.3) is 0 Å². The highest BCUT2D eigenvalue weighted by atomic mass is 19.1. The van der Waals surface area contributed by atoms with Crippen molar-refractivity contribution < 1.29 is 19.4 Å². The first-order chi connectivity index (χ1) is 5.66. The Hall–Kier alpha value is -1.42. The molecule has 0 heterocycles. The molecular weight excluding hydrogens is 163 g/mol. The van der Waals surface area contributed by atoms with E-state index in [1.807, 2.05) is 0 Å². The molecule has 0 saturated carbocycles. The van der Waals surface area contributed by atoms with Crippen molar-refractivity contribution in [3.05, 3.63) is 35.1 Å². The van der Waals surface area contributed by atoms with Crippen LogP contribution in [0.3, 0.4) is 0 Å². The Morgan fingerprint density at radius 3 is 2.75 bits per heavy atom. The highest BCUT2D eigenvalue weighted by Gasteiger charge is 2.06. The maximum atomic E-state index is 12.9. The van der Waals surface area contributed by atoms with Gasteiger partial charge in [0.15, 0.2) is 0 Å². The van der Waals surface area contributed by atoms with Crippen LogP contribution in [0.2, 0.25) is 0 Å². The van der Waals surface area contributed by atoms with Crippen LogP contribution in [0, 0.1) is 5.82 Å². The molecule has 64 valence electrons. The van der Waals surface area contributed by atoms with Crippen LogP contribution < -0.4 is 5.11 Å². The summed E-state index contributed by atoms with van der Waals surface area (Å²) < 4.78 is 12.9. The van der Waals surface area contributed by atoms with Gasteiger partial charge in [0.05, 0.1) is 12.6 Å². The van der Waals surface area contributed by atoms with E-state index in [1.54, 1.807) is 0 Å². The predicted octanol–water partition coefficient (Wildman–Crippen LogP) is -0.319. The van der Waals surface area contributed by atoms with Crippen LogP contribution in [0.25, 0.3) is 0 Å². The van der Waals surface area contributed by atoms with E-state index in [1.165, 1.54) is 12.1 Å². The SMILES string of the molecule is O=C([O-])c1cccc(CO)c1F. The Labute approximate surface area is 68.1 Å². The summed E-state index contributed by atoms with van der Waals surface area (Å²) in [6.45, 7) is -0.521. The minimum atomic E-state index is -1.58. The van der Waals surface area contributed by atoms with Crippen LogP contribution in [0.1, 0.15) is 15.9 Å². The predicted molar refractivity (Wildman–Crippen MR) is 36.7 cm³/mol. The minimum Gasteiger partial charge on any atom is -0.545 e. The topological polar surface area (TPSA) is 60.4 Å². The van der Waals surface area contributed by atoms with Crippen LogP contribution in [-0.2, 0) is 6.61 Å². The van der Waals surface area contributed by atoms with Crippen molar-refractivity contribution in [3.63, 3.8) is 0 Å². The summed E-state index contributed by atoms with van der Waals surface area (Å²) in [6.07, 6.45) is 0. The van der Waals surface area contributed by atoms with Gasteiger partial charge in [0.2, 0.25) is 0 Å². The molecule has 0 aliphatic carbocycles. The van der Waals surface area contributed by atoms with Crippen molar-refractivity contribution >= 4 is 5.97 Å². The summed E-state index contributed by atoms with van der Waals surface area (Å²) in [5.74, 6) is -2.51. The zero-order valence-electron chi connectivity index (χ0n) is 6.08. The maximum absolute atomic E-state index is 12.9. The molecule has 0 unspecified atom stereocenters. The van der Waals surface area contributed by atoms with Crippen LogP contribution in [-0.4, -0.2) is 11.1 Å². The summed E-state index contributed by atoms with van der Waals surface area (Å²) in [5.41, 5.74) is -0.571. The number of aliphatic hydroxyl groups excluding tert-OH is 1. The third-order valence-electron chi connectivity index (χ3n) is 1.47. The fourth-order valence-electron chi connectivity index (χ4n) is 0.860. The van der Waals surface area contributed by atoms with Gasteiger partial charge in [0, 0.05) is 11.1 Å². The van der Waals surface area contributed by atoms with E-state index in [4.69, 9.17) is 5.11 Å². The van der Waals surface area contributed by atoms with Crippen LogP contribution in [0.4, 0.5) is 4.39 Å². The van der Waals surface area contributed by atoms with E-state index >= 15 is 0 Å². The number of hydrogen-bond acceptors (Lipinski definition) is 3. The number of hydrogen-bond donors (Lipinski definition) is 1. The van der Waals surface area contributed by atoms with Crippen molar-refractivity contribution in [2.75, 3.05) is 0 Å². The number of carboxylic acids is 1. The van der Waals surface area contributed by atoms with Crippen molar-refractivity contribution in [1.29, 1.82) is 0 Å². The molecule has 0 aliphatic heterocycles. The van der Waals surface area contributed by atoms with E-state index in [0.29, 0.717) is 0 Å². The number of carboxylic acid groups (broad SMARTS) is 1. The lowest BCUT2D eigenvalue weighted by molar-refractivity contribution is -0.255. The first-order valence-electron chi connectivity index (χ1n) is 3.26. The fraction of sp³-hybridized carbons (Fsp3) is 0.125. The number of rotatable bonds is 2. The number of carbonyl (C=O) groups is 1. The third-order valence-corrected chi connectivity index (χ3v) is 1.47. The largest absolute Gasteiger partial charge is 0.545 e. The van der Waals surface area contributed by atoms with Crippen LogP contribution in [0.15, 0.2) is 18.2 Å². The first kappa shape index (κ1) is 8.67. The number of halogens is 1. The lowest BCUT2D eigenvalue weighted by Crippen LogP contribution is -2.24. The van der Waals surface area contributed by atoms with Gasteiger partial charge < -0.3 is 15.0 Å². The molecule has 3 nitrogen and oxygen atoms in total. The highest BCUT2D eigenvalue weighted by molar-refractivity contribution is 5.86. The molecule has 0 spiro atoms. The molecule has 0 aliphatic rings. The second-order valence-electron chi connectivity index (χ2n) is 2.22. The Morgan fingerprint density at radius 1 is 1.58 bits per heavy atom. The Kier molecular flexibility index (Phi) is 2.40. The number of benzene rings is 1. The normalized spacial score (nSPS) is 9.83. The van der Waals surface area contributed by atoms with Gasteiger partial charge in [-0.05, 0) is 0 Å². The first-order valence-corrected chi connectivity index (χ1v) is 3.26. The van der Waals surface area contributed by atoms with Gasteiger partial charge in [-0.25, -0.2) is 4.39 Å². The Morgan fingerprint density at radius 2 is 2.25 bits per heavy atom. The molecular formula is C8H6FO3-. The zero-order valence-corrected chi connectivity index (χ0v) is 6.08. The lowest BCUT2D eigenvalue weighted by atomic mass is 10.1. The van der Waals surface area contributed by atoms with E-state index in [2.05, 4.69) is 0 Å². The third kappa shape index (κ3) is 1.43. The zero-order chi connectivity index (χ0) is 9.14. The molecule has 4 heteroatoms. The van der Waals surface area contributed by atoms with Crippen LogP contribution in [0.5, 0.6) is 0 Å². The standard InChI is InChI=1S/C8H7FO3/c9-7-5(4-10)2-1-3-6(7)8(11)12/h1-3,10H,4H2,(H,11,12)/p-1. The molecule has 0 radical (unpaired) electrons. The summed E-state index contributed by atoms with van der Waals surface area (Å²) in [6, 6.07) is 3.74. The van der Waals surface area contributed by atoms with Gasteiger partial charge in [0.1, 0.15) is 5.82 Å². The number of aromatic carboxylic acids is 1. The van der Waals surface area contributed by atoms with E-state index in [9.17, 15) is 14.3 Å². The Bertz CT molecular complexity index is 309. The molecule has 1 aromatic carbocycles. The van der Waals surface area contributed by atoms with Crippen molar-refractivity contribution in [3.8, 4) is 0 Å². The average molecular weight is 169 g/mol. The number of aliphatic hydroxyl groups is 1. The maximum Gasteiger partial charge on any atom is 0.137 e. The van der Waals surface area contributed by atoms with Gasteiger partial charge in [-0.3, -0.25) is 0 Å². The van der Waals surface area contributed by atoms with Crippen molar-refractivity contribution in [2.45, 2.75) is 6.61 Å². The molecule has 12 heavy (non-hydrogen) atoms. The van der Waals surface area contributed by atoms with Crippen LogP contribution >= 0.6 is 0 Å². The Balaban J connectivity index is 3.23. The summed E-state index contributed by atoms with van der Waals surface area (Å²) in [7, 11) is 0. The highest BCUT2D eigenvalue weighted by Crippen LogP contribution is 2.11.